The van der Waals surface area contributed by atoms with E-state index in [1.54, 1.807) is 7.05 Å². The highest BCUT2D eigenvalue weighted by Gasteiger charge is 2.21. The van der Waals surface area contributed by atoms with Crippen molar-refractivity contribution in [1.29, 1.82) is 0 Å². The maximum Gasteiger partial charge on any atom is 0.237 e. The molecule has 4 nitrogen and oxygen atoms in total. The van der Waals surface area contributed by atoms with Crippen molar-refractivity contribution in [2.24, 2.45) is 7.05 Å². The number of aromatic nitrogens is 3. The van der Waals surface area contributed by atoms with Crippen molar-refractivity contribution in [1.82, 2.24) is 14.8 Å². The highest BCUT2D eigenvalue weighted by Crippen LogP contribution is 2.36. The van der Waals surface area contributed by atoms with Crippen LogP contribution in [0.4, 0.5) is 4.39 Å². The number of hydrogen-bond donors (Lipinski definition) is 0. The Hall–Kier alpha value is 0.320. The van der Waals surface area contributed by atoms with Crippen LogP contribution in [0, 0.1) is 13.8 Å². The molecule has 0 amide bonds. The summed E-state index contributed by atoms with van der Waals surface area (Å²) in [6.07, 6.45) is -1.46. The Bertz CT molecular complexity index is 667. The number of rotatable bonds is 3. The van der Waals surface area contributed by atoms with E-state index in [1.165, 1.54) is 11.6 Å². The molecule has 0 aliphatic rings. The summed E-state index contributed by atoms with van der Waals surface area (Å²) in [4.78, 5) is 4.48. The van der Waals surface area contributed by atoms with Crippen molar-refractivity contribution >= 4 is 64.8 Å². The largest absolute Gasteiger partial charge is 0.442 e. The van der Waals surface area contributed by atoms with Gasteiger partial charge in [-0.3, -0.25) is 0 Å². The van der Waals surface area contributed by atoms with Gasteiger partial charge >= 0.3 is 0 Å². The SMILES string of the molecule is Cc1cc(Br)c(C)nc1-c1nn(C)c(OC(C)F)c1Cl.II. The number of nitrogens with zero attached hydrogens (tertiary/aromatic N) is 3. The lowest BCUT2D eigenvalue weighted by Gasteiger charge is -2.07. The molecule has 0 bridgehead atoms. The highest BCUT2D eigenvalue weighted by molar-refractivity contribution is 15.0. The van der Waals surface area contributed by atoms with Gasteiger partial charge in [-0.05, 0) is 41.4 Å². The molecule has 0 fully saturated rings. The van der Waals surface area contributed by atoms with E-state index in [0.717, 1.165) is 15.7 Å². The molecule has 0 saturated heterocycles. The van der Waals surface area contributed by atoms with Gasteiger partial charge in [-0.2, -0.15) is 5.10 Å². The van der Waals surface area contributed by atoms with Crippen LogP contribution in [0.5, 0.6) is 5.88 Å². The van der Waals surface area contributed by atoms with Gasteiger partial charge < -0.3 is 4.74 Å². The van der Waals surface area contributed by atoms with Crippen molar-refractivity contribution in [2.45, 2.75) is 27.1 Å². The lowest BCUT2D eigenvalue weighted by Crippen LogP contribution is -2.07. The molecule has 0 aliphatic carbocycles. The molecule has 2 aromatic rings. The number of halogens is 5. The highest BCUT2D eigenvalue weighted by atomic mass is 128. The van der Waals surface area contributed by atoms with Crippen LogP contribution in [-0.4, -0.2) is 21.1 Å². The van der Waals surface area contributed by atoms with Gasteiger partial charge in [0.1, 0.15) is 10.7 Å². The molecule has 2 aromatic heterocycles. The summed E-state index contributed by atoms with van der Waals surface area (Å²) >= 11 is 13.9. The molecule has 2 rings (SSSR count). The lowest BCUT2D eigenvalue weighted by molar-refractivity contribution is 0.0763. The van der Waals surface area contributed by atoms with Gasteiger partial charge in [0, 0.05) is 55.7 Å². The fourth-order valence-electron chi connectivity index (χ4n) is 1.83. The van der Waals surface area contributed by atoms with Crippen molar-refractivity contribution in [3.63, 3.8) is 0 Å². The van der Waals surface area contributed by atoms with Crippen LogP contribution in [0.1, 0.15) is 18.2 Å². The zero-order valence-electron chi connectivity index (χ0n) is 12.3. The van der Waals surface area contributed by atoms with Gasteiger partial charge in [0.25, 0.3) is 0 Å². The first kappa shape index (κ1) is 20.4. The molecule has 0 saturated carbocycles. The van der Waals surface area contributed by atoms with E-state index in [4.69, 9.17) is 16.3 Å². The number of pyridine rings is 1. The van der Waals surface area contributed by atoms with Crippen molar-refractivity contribution in [3.05, 3.63) is 26.8 Å². The third-order valence-electron chi connectivity index (χ3n) is 2.78. The fourth-order valence-corrected chi connectivity index (χ4v) is 2.55. The Balaban J connectivity index is 0.00000116. The van der Waals surface area contributed by atoms with E-state index in [2.05, 4.69) is 63.2 Å². The molecule has 0 N–H and O–H groups in total. The third kappa shape index (κ3) is 4.67. The molecule has 1 atom stereocenters. The predicted octanol–water partition coefficient (Wildman–Crippen LogP) is 5.98. The zero-order valence-corrected chi connectivity index (χ0v) is 19.0. The Morgan fingerprint density at radius 2 is 1.95 bits per heavy atom. The third-order valence-corrected chi connectivity index (χ3v) is 3.92. The second-order valence-electron chi connectivity index (χ2n) is 4.47. The summed E-state index contributed by atoms with van der Waals surface area (Å²) < 4.78 is 20.4. The summed E-state index contributed by atoms with van der Waals surface area (Å²) in [5.74, 6) is 0.193. The smallest absolute Gasteiger partial charge is 0.237 e. The van der Waals surface area contributed by atoms with Crippen molar-refractivity contribution in [2.75, 3.05) is 0 Å². The molecule has 1 unspecified atom stereocenters. The normalized spacial score (nSPS) is 11.7. The fraction of sp³-hybridized carbons (Fsp3) is 0.385. The molecule has 0 aromatic carbocycles. The average Bonchev–Trinajstić information content (AvgIpc) is 2.72. The maximum absolute atomic E-state index is 13.0. The van der Waals surface area contributed by atoms with Crippen LogP contribution in [0.2, 0.25) is 5.02 Å². The molecule has 2 heterocycles. The topological polar surface area (TPSA) is 39.9 Å². The number of hydrogen-bond acceptors (Lipinski definition) is 3. The molecule has 0 spiro atoms. The van der Waals surface area contributed by atoms with E-state index >= 15 is 0 Å². The molecule has 22 heavy (non-hydrogen) atoms. The first-order valence-electron chi connectivity index (χ1n) is 6.13. The van der Waals surface area contributed by atoms with Crippen molar-refractivity contribution < 1.29 is 9.13 Å². The minimum atomic E-state index is -1.46. The Labute approximate surface area is 165 Å². The summed E-state index contributed by atoms with van der Waals surface area (Å²) in [6, 6.07) is 1.95. The van der Waals surface area contributed by atoms with Crippen LogP contribution in [-0.2, 0) is 7.05 Å². The van der Waals surface area contributed by atoms with Gasteiger partial charge in [-0.25, -0.2) is 14.1 Å². The van der Waals surface area contributed by atoms with Gasteiger partial charge in [0.2, 0.25) is 12.2 Å². The van der Waals surface area contributed by atoms with Crippen LogP contribution in [0.3, 0.4) is 0 Å². The van der Waals surface area contributed by atoms with Crippen LogP contribution >= 0.6 is 64.8 Å². The Kier molecular flexibility index (Phi) is 8.31. The minimum Gasteiger partial charge on any atom is -0.442 e. The van der Waals surface area contributed by atoms with Crippen LogP contribution in [0.15, 0.2) is 10.5 Å². The molecule has 0 radical (unpaired) electrons. The first-order chi connectivity index (χ1) is 10.3. The summed E-state index contributed by atoms with van der Waals surface area (Å²) in [6.45, 7) is 5.08. The molecular weight excluding hydrogens is 602 g/mol. The van der Waals surface area contributed by atoms with E-state index in [0.29, 0.717) is 11.4 Å². The van der Waals surface area contributed by atoms with E-state index in [1.807, 2.05) is 19.9 Å². The van der Waals surface area contributed by atoms with Crippen LogP contribution < -0.4 is 4.74 Å². The van der Waals surface area contributed by atoms with Gasteiger partial charge in [0.05, 0.1) is 11.4 Å². The van der Waals surface area contributed by atoms with E-state index in [-0.39, 0.29) is 10.9 Å². The number of ether oxygens (including phenoxy) is 1. The molecule has 122 valence electrons. The van der Waals surface area contributed by atoms with Gasteiger partial charge in [-0.1, -0.05) is 11.6 Å². The zero-order chi connectivity index (χ0) is 17.0. The predicted molar refractivity (Wildman–Crippen MR) is 108 cm³/mol. The first-order valence-corrected chi connectivity index (χ1v) is 13.6. The monoisotopic (exact) mass is 615 g/mol. The molecule has 0 aliphatic heterocycles. The van der Waals surface area contributed by atoms with E-state index < -0.39 is 6.36 Å². The summed E-state index contributed by atoms with van der Waals surface area (Å²) in [7, 11) is 1.65. The Morgan fingerprint density at radius 1 is 1.36 bits per heavy atom. The van der Waals surface area contributed by atoms with Gasteiger partial charge in [-0.15, -0.1) is 0 Å². The average molecular weight is 616 g/mol. The summed E-state index contributed by atoms with van der Waals surface area (Å²) in [5, 5.41) is 4.54. The maximum atomic E-state index is 13.0. The Morgan fingerprint density at radius 3 is 2.50 bits per heavy atom. The minimum absolute atomic E-state index is 0.193. The quantitative estimate of drug-likeness (QED) is 0.399. The van der Waals surface area contributed by atoms with Crippen molar-refractivity contribution in [3.8, 4) is 17.3 Å². The number of alkyl halides is 1. The van der Waals surface area contributed by atoms with Gasteiger partial charge in [0.15, 0.2) is 0 Å². The lowest BCUT2D eigenvalue weighted by atomic mass is 10.1. The molecular formula is C13H14BrClFI2N3O. The standard InChI is InChI=1S/C13H14BrClFN3O.I2/c1-6-5-9(14)7(2)17-11(6)12-10(15)13(19(4)18-12)20-8(3)16;1-2/h5,8H,1-4H3;. The number of aryl methyl sites for hydroxylation is 3. The molecule has 9 heteroatoms. The second kappa shape index (κ2) is 8.97. The van der Waals surface area contributed by atoms with Crippen LogP contribution in [0.25, 0.3) is 11.4 Å². The summed E-state index contributed by atoms with van der Waals surface area (Å²) in [5.41, 5.74) is 2.89. The second-order valence-corrected chi connectivity index (χ2v) is 5.71. The van der Waals surface area contributed by atoms with E-state index in [9.17, 15) is 4.39 Å².